The van der Waals surface area contributed by atoms with Gasteiger partial charge in [0, 0.05) is 6.42 Å². The van der Waals surface area contributed by atoms with Crippen molar-refractivity contribution < 1.29 is 19.1 Å². The first kappa shape index (κ1) is 29.9. The Morgan fingerprint density at radius 2 is 0.935 bits per heavy atom. The van der Waals surface area contributed by atoms with Gasteiger partial charge in [0.2, 0.25) is 0 Å². The van der Waals surface area contributed by atoms with E-state index in [0.717, 1.165) is 19.3 Å². The number of unbranched alkanes of at least 4 members (excludes halogenated alkanes) is 12. The van der Waals surface area contributed by atoms with Crippen molar-refractivity contribution in [2.75, 3.05) is 0 Å². The Morgan fingerprint density at radius 3 is 1.35 bits per heavy atom. The minimum absolute atomic E-state index is 0.00350. The molecule has 0 N–H and O–H groups in total. The minimum Gasteiger partial charge on any atom is -0.463 e. The van der Waals surface area contributed by atoms with Crippen LogP contribution < -0.4 is 0 Å². The molecule has 2 unspecified atom stereocenters. The van der Waals surface area contributed by atoms with Gasteiger partial charge in [-0.05, 0) is 46.5 Å². The summed E-state index contributed by atoms with van der Waals surface area (Å²) in [5, 5.41) is 0. The Balaban J connectivity index is 3.36. The lowest BCUT2D eigenvalue weighted by molar-refractivity contribution is -0.153. The summed E-state index contributed by atoms with van der Waals surface area (Å²) in [5.74, 6) is 0.308. The zero-order valence-corrected chi connectivity index (χ0v) is 21.5. The topological polar surface area (TPSA) is 52.6 Å². The lowest BCUT2D eigenvalue weighted by Crippen LogP contribution is -2.24. The third kappa shape index (κ3) is 19.4. The van der Waals surface area contributed by atoms with Gasteiger partial charge < -0.3 is 9.47 Å². The van der Waals surface area contributed by atoms with Crippen molar-refractivity contribution in [2.45, 2.75) is 150 Å². The largest absolute Gasteiger partial charge is 0.463 e. The summed E-state index contributed by atoms with van der Waals surface area (Å²) in [6, 6.07) is 0. The summed E-state index contributed by atoms with van der Waals surface area (Å²) in [4.78, 5) is 23.4. The molecule has 2 atom stereocenters. The van der Waals surface area contributed by atoms with Crippen molar-refractivity contribution in [3.63, 3.8) is 0 Å². The average Bonchev–Trinajstić information content (AvgIpc) is 2.68. The first-order valence-electron chi connectivity index (χ1n) is 13.1. The highest BCUT2D eigenvalue weighted by molar-refractivity contribution is 5.72. The van der Waals surface area contributed by atoms with Gasteiger partial charge in [-0.15, -0.1) is 0 Å². The van der Waals surface area contributed by atoms with Crippen LogP contribution in [0.4, 0.5) is 0 Å². The summed E-state index contributed by atoms with van der Waals surface area (Å²) in [5.41, 5.74) is 0. The standard InChI is InChI=1S/C27H52O4/c1-22(2)30-26(28)21-19-17-15-13-11-9-7-8-10-12-14-16-18-20-24(5)25(6)27(29)31-23(3)4/h22-25H,7-21H2,1-6H3. The number of carbonyl (C=O) groups is 2. The molecule has 0 rings (SSSR count). The van der Waals surface area contributed by atoms with E-state index >= 15 is 0 Å². The van der Waals surface area contributed by atoms with Gasteiger partial charge in [-0.3, -0.25) is 9.59 Å². The summed E-state index contributed by atoms with van der Waals surface area (Å²) in [6.07, 6.45) is 18.2. The van der Waals surface area contributed by atoms with E-state index in [9.17, 15) is 9.59 Å². The van der Waals surface area contributed by atoms with E-state index in [4.69, 9.17) is 9.47 Å². The highest BCUT2D eigenvalue weighted by Crippen LogP contribution is 2.21. The molecule has 184 valence electrons. The van der Waals surface area contributed by atoms with Crippen LogP contribution in [0.1, 0.15) is 138 Å². The van der Waals surface area contributed by atoms with Crippen molar-refractivity contribution in [1.82, 2.24) is 0 Å². The quantitative estimate of drug-likeness (QED) is 0.142. The van der Waals surface area contributed by atoms with Gasteiger partial charge in [0.15, 0.2) is 0 Å². The van der Waals surface area contributed by atoms with Crippen LogP contribution in [-0.2, 0) is 19.1 Å². The second-order valence-corrected chi connectivity index (χ2v) is 9.93. The minimum atomic E-state index is -0.0505. The number of carbonyl (C=O) groups excluding carboxylic acids is 2. The molecule has 0 radical (unpaired) electrons. The first-order valence-corrected chi connectivity index (χ1v) is 13.1. The molecule has 31 heavy (non-hydrogen) atoms. The van der Waals surface area contributed by atoms with E-state index in [2.05, 4.69) is 6.92 Å². The maximum Gasteiger partial charge on any atom is 0.309 e. The molecule has 0 aromatic rings. The molecule has 0 amide bonds. The first-order chi connectivity index (χ1) is 14.7. The van der Waals surface area contributed by atoms with Crippen LogP contribution in [0, 0.1) is 11.8 Å². The monoisotopic (exact) mass is 440 g/mol. The molecule has 4 heteroatoms. The van der Waals surface area contributed by atoms with Crippen LogP contribution in [0.5, 0.6) is 0 Å². The van der Waals surface area contributed by atoms with Gasteiger partial charge in [0.05, 0.1) is 18.1 Å². The predicted octanol–water partition coefficient (Wildman–Crippen LogP) is 8.01. The number of ether oxygens (including phenoxy) is 2. The number of hydrogen-bond acceptors (Lipinski definition) is 4. The number of hydrogen-bond donors (Lipinski definition) is 0. The van der Waals surface area contributed by atoms with Gasteiger partial charge in [-0.2, -0.15) is 0 Å². The smallest absolute Gasteiger partial charge is 0.309 e. The molecule has 4 nitrogen and oxygen atoms in total. The van der Waals surface area contributed by atoms with E-state index in [1.165, 1.54) is 70.6 Å². The van der Waals surface area contributed by atoms with Gasteiger partial charge in [-0.1, -0.05) is 90.9 Å². The lowest BCUT2D eigenvalue weighted by atomic mass is 9.90. The molecule has 0 heterocycles. The van der Waals surface area contributed by atoms with Gasteiger partial charge in [0.25, 0.3) is 0 Å². The fourth-order valence-corrected chi connectivity index (χ4v) is 3.82. The van der Waals surface area contributed by atoms with E-state index in [1.807, 2.05) is 34.6 Å². The summed E-state index contributed by atoms with van der Waals surface area (Å²) >= 11 is 0. The lowest BCUT2D eigenvalue weighted by Gasteiger charge is -2.20. The second-order valence-electron chi connectivity index (χ2n) is 9.93. The zero-order chi connectivity index (χ0) is 23.5. The Hall–Kier alpha value is -1.06. The Labute approximate surface area is 193 Å². The molecule has 0 aliphatic carbocycles. The average molecular weight is 441 g/mol. The molecule has 0 aliphatic heterocycles. The van der Waals surface area contributed by atoms with Crippen molar-refractivity contribution >= 4 is 11.9 Å². The molecule has 0 bridgehead atoms. The molecular formula is C27H52O4. The molecule has 0 saturated carbocycles. The van der Waals surface area contributed by atoms with Crippen molar-refractivity contribution in [2.24, 2.45) is 11.8 Å². The molecule has 0 aliphatic rings. The summed E-state index contributed by atoms with van der Waals surface area (Å²) in [6.45, 7) is 11.8. The van der Waals surface area contributed by atoms with Crippen LogP contribution in [0.25, 0.3) is 0 Å². The molecule has 0 aromatic carbocycles. The SMILES string of the molecule is CC(C)OC(=O)CCCCCCCCCCCCCCCC(C)C(C)C(=O)OC(C)C. The Kier molecular flexibility index (Phi) is 18.9. The maximum absolute atomic E-state index is 12.0. The van der Waals surface area contributed by atoms with Gasteiger partial charge in [0.1, 0.15) is 0 Å². The number of esters is 2. The summed E-state index contributed by atoms with van der Waals surface area (Å²) < 4.78 is 10.5. The van der Waals surface area contributed by atoms with E-state index in [-0.39, 0.29) is 30.1 Å². The van der Waals surface area contributed by atoms with E-state index < -0.39 is 0 Å². The van der Waals surface area contributed by atoms with Crippen molar-refractivity contribution in [1.29, 1.82) is 0 Å². The predicted molar refractivity (Wildman–Crippen MR) is 130 cm³/mol. The highest BCUT2D eigenvalue weighted by atomic mass is 16.5. The fraction of sp³-hybridized carbons (Fsp3) is 0.926. The van der Waals surface area contributed by atoms with Crippen LogP contribution in [0.2, 0.25) is 0 Å². The Morgan fingerprint density at radius 1 is 0.548 bits per heavy atom. The molecular weight excluding hydrogens is 388 g/mol. The molecule has 0 fully saturated rings. The van der Waals surface area contributed by atoms with Crippen LogP contribution in [0.15, 0.2) is 0 Å². The van der Waals surface area contributed by atoms with E-state index in [1.54, 1.807) is 0 Å². The van der Waals surface area contributed by atoms with Gasteiger partial charge in [-0.25, -0.2) is 0 Å². The van der Waals surface area contributed by atoms with Crippen LogP contribution in [-0.4, -0.2) is 24.1 Å². The Bertz CT molecular complexity index is 445. The molecule has 0 saturated heterocycles. The third-order valence-electron chi connectivity index (χ3n) is 5.98. The maximum atomic E-state index is 12.0. The number of rotatable bonds is 20. The van der Waals surface area contributed by atoms with Crippen molar-refractivity contribution in [3.8, 4) is 0 Å². The molecule has 0 spiro atoms. The van der Waals surface area contributed by atoms with Gasteiger partial charge >= 0.3 is 11.9 Å². The van der Waals surface area contributed by atoms with E-state index in [0.29, 0.717) is 12.3 Å². The normalized spacial score (nSPS) is 13.4. The molecule has 0 aromatic heterocycles. The van der Waals surface area contributed by atoms with Crippen molar-refractivity contribution in [3.05, 3.63) is 0 Å². The highest BCUT2D eigenvalue weighted by Gasteiger charge is 2.21. The zero-order valence-electron chi connectivity index (χ0n) is 21.5. The van der Waals surface area contributed by atoms with Crippen LogP contribution >= 0.6 is 0 Å². The fourth-order valence-electron chi connectivity index (χ4n) is 3.82. The second kappa shape index (κ2) is 19.6. The summed E-state index contributed by atoms with van der Waals surface area (Å²) in [7, 11) is 0. The van der Waals surface area contributed by atoms with Crippen LogP contribution in [0.3, 0.4) is 0 Å². The third-order valence-corrected chi connectivity index (χ3v) is 5.98.